The monoisotopic (exact) mass is 448 g/mol. The second-order valence-electron chi connectivity index (χ2n) is 8.77. The van der Waals surface area contributed by atoms with Crippen LogP contribution in [0.15, 0.2) is 54.1 Å². The second kappa shape index (κ2) is 15.1. The molecule has 0 unspecified atom stereocenters. The molecule has 0 aliphatic rings. The number of allylic oxidation sites excluding steroid dienone is 2. The lowest BCUT2D eigenvalue weighted by molar-refractivity contribution is -0.134. The minimum Gasteiger partial charge on any atom is -0.496 e. The van der Waals surface area contributed by atoms with Gasteiger partial charge in [0.15, 0.2) is 0 Å². The van der Waals surface area contributed by atoms with Crippen LogP contribution >= 0.6 is 0 Å². The molecule has 3 heteroatoms. The van der Waals surface area contributed by atoms with E-state index in [-0.39, 0.29) is 5.97 Å². The van der Waals surface area contributed by atoms with Crippen molar-refractivity contribution >= 4 is 18.1 Å². The second-order valence-corrected chi connectivity index (χ2v) is 8.77. The molecule has 2 aromatic carbocycles. The summed E-state index contributed by atoms with van der Waals surface area (Å²) in [6.07, 6.45) is 15.8. The molecule has 33 heavy (non-hydrogen) atoms. The van der Waals surface area contributed by atoms with E-state index in [1.807, 2.05) is 30.3 Å². The smallest absolute Gasteiger partial charge is 0.311 e. The molecule has 0 amide bonds. The van der Waals surface area contributed by atoms with Crippen LogP contribution in [0.3, 0.4) is 0 Å². The number of hydrogen-bond donors (Lipinski definition) is 0. The predicted molar refractivity (Wildman–Crippen MR) is 140 cm³/mol. The lowest BCUT2D eigenvalue weighted by Gasteiger charge is -2.14. The maximum absolute atomic E-state index is 12.4. The van der Waals surface area contributed by atoms with Crippen LogP contribution in [-0.4, -0.2) is 13.1 Å². The number of unbranched alkanes of at least 4 members (excludes halogenated alkanes) is 6. The van der Waals surface area contributed by atoms with Crippen molar-refractivity contribution in [3.05, 3.63) is 70.8 Å². The minimum atomic E-state index is -0.180. The Kier molecular flexibility index (Phi) is 12.1. The number of carbonyl (C=O) groups excluding carboxylic acids is 1. The summed E-state index contributed by atoms with van der Waals surface area (Å²) in [6, 6.07) is 13.9. The Morgan fingerprint density at radius 3 is 2.27 bits per heavy atom. The van der Waals surface area contributed by atoms with E-state index < -0.39 is 0 Å². The molecule has 0 heterocycles. The molecule has 0 aromatic heterocycles. The van der Waals surface area contributed by atoms with Gasteiger partial charge >= 0.3 is 5.97 Å². The van der Waals surface area contributed by atoms with Gasteiger partial charge in [0.25, 0.3) is 0 Å². The largest absolute Gasteiger partial charge is 0.496 e. The fraction of sp³-hybridized carbons (Fsp3) is 0.433. The molecule has 0 aliphatic heterocycles. The molecule has 0 radical (unpaired) electrons. The number of esters is 1. The molecular weight excluding hydrogens is 408 g/mol. The Morgan fingerprint density at radius 2 is 1.61 bits per heavy atom. The molecular formula is C30H40O3. The first-order valence-corrected chi connectivity index (χ1v) is 12.3. The van der Waals surface area contributed by atoms with E-state index in [1.165, 1.54) is 37.7 Å². The number of carbonyl (C=O) groups is 1. The first kappa shape index (κ1) is 26.4. The van der Waals surface area contributed by atoms with Gasteiger partial charge in [0, 0.05) is 18.1 Å². The normalized spacial score (nSPS) is 10.9. The van der Waals surface area contributed by atoms with Crippen molar-refractivity contribution < 1.29 is 14.3 Å². The van der Waals surface area contributed by atoms with Crippen molar-refractivity contribution in [3.63, 3.8) is 0 Å². The van der Waals surface area contributed by atoms with Gasteiger partial charge in [0.2, 0.25) is 0 Å². The third-order valence-corrected chi connectivity index (χ3v) is 5.62. The van der Waals surface area contributed by atoms with Crippen LogP contribution in [0.25, 0.3) is 12.2 Å². The number of rotatable bonds is 14. The molecule has 0 atom stereocenters. The Hall–Kier alpha value is -2.81. The zero-order valence-electron chi connectivity index (χ0n) is 20.9. The lowest BCUT2D eigenvalue weighted by atomic mass is 10.00. The first-order chi connectivity index (χ1) is 16.0. The van der Waals surface area contributed by atoms with Crippen molar-refractivity contribution in [2.45, 2.75) is 78.6 Å². The zero-order valence-corrected chi connectivity index (χ0v) is 20.9. The molecule has 2 aromatic rings. The van der Waals surface area contributed by atoms with Gasteiger partial charge in [0.1, 0.15) is 11.5 Å². The zero-order chi connectivity index (χ0) is 23.9. The highest BCUT2D eigenvalue weighted by molar-refractivity contribution is 5.76. The van der Waals surface area contributed by atoms with Crippen LogP contribution in [0, 0.1) is 0 Å². The fourth-order valence-corrected chi connectivity index (χ4v) is 3.71. The summed E-state index contributed by atoms with van der Waals surface area (Å²) in [5.41, 5.74) is 4.44. The highest BCUT2D eigenvalue weighted by atomic mass is 16.5. The van der Waals surface area contributed by atoms with Crippen LogP contribution in [0.2, 0.25) is 0 Å². The molecule has 0 aliphatic carbocycles. The van der Waals surface area contributed by atoms with Gasteiger partial charge in [-0.3, -0.25) is 4.79 Å². The van der Waals surface area contributed by atoms with Gasteiger partial charge < -0.3 is 9.47 Å². The summed E-state index contributed by atoms with van der Waals surface area (Å²) in [5.74, 6) is 1.09. The van der Waals surface area contributed by atoms with Gasteiger partial charge in [-0.2, -0.15) is 0 Å². The Bertz CT molecular complexity index is 906. The summed E-state index contributed by atoms with van der Waals surface area (Å²) in [4.78, 5) is 12.4. The number of hydrogen-bond acceptors (Lipinski definition) is 3. The molecule has 178 valence electrons. The van der Waals surface area contributed by atoms with Gasteiger partial charge in [-0.05, 0) is 43.9 Å². The maximum atomic E-state index is 12.4. The van der Waals surface area contributed by atoms with E-state index in [1.54, 1.807) is 7.11 Å². The van der Waals surface area contributed by atoms with Crippen LogP contribution < -0.4 is 9.47 Å². The Morgan fingerprint density at radius 1 is 0.909 bits per heavy atom. The minimum absolute atomic E-state index is 0.180. The van der Waals surface area contributed by atoms with Crippen LogP contribution in [0.5, 0.6) is 11.5 Å². The highest BCUT2D eigenvalue weighted by Gasteiger charge is 2.13. The maximum Gasteiger partial charge on any atom is 0.311 e. The van der Waals surface area contributed by atoms with Crippen molar-refractivity contribution in [2.24, 2.45) is 0 Å². The summed E-state index contributed by atoms with van der Waals surface area (Å²) < 4.78 is 11.4. The first-order valence-electron chi connectivity index (χ1n) is 12.3. The van der Waals surface area contributed by atoms with E-state index in [4.69, 9.17) is 9.47 Å². The molecule has 0 saturated carbocycles. The van der Waals surface area contributed by atoms with Crippen LogP contribution in [0.4, 0.5) is 0 Å². The molecule has 0 N–H and O–H groups in total. The molecule has 0 spiro atoms. The molecule has 2 rings (SSSR count). The predicted octanol–water partition coefficient (Wildman–Crippen LogP) is 8.42. The standard InChI is InChI=1S/C30H40O3/c1-5-6-7-8-9-10-14-17-30(31)33-27-22-26(20-19-25-15-12-11-13-16-25)28(21-18-24(2)3)29(23-27)32-4/h11-13,15-16,18-20,22-23H,5-10,14,17,21H2,1-4H3/b20-19+. The van der Waals surface area contributed by atoms with E-state index in [0.29, 0.717) is 12.2 Å². The van der Waals surface area contributed by atoms with Gasteiger partial charge in [-0.25, -0.2) is 0 Å². The third kappa shape index (κ3) is 10.1. The van der Waals surface area contributed by atoms with E-state index >= 15 is 0 Å². The van der Waals surface area contributed by atoms with Crippen molar-refractivity contribution in [3.8, 4) is 11.5 Å². The lowest BCUT2D eigenvalue weighted by Crippen LogP contribution is -2.08. The van der Waals surface area contributed by atoms with Crippen molar-refractivity contribution in [1.82, 2.24) is 0 Å². The quantitative estimate of drug-likeness (QED) is 0.0956. The van der Waals surface area contributed by atoms with E-state index in [2.05, 4.69) is 51.1 Å². The summed E-state index contributed by atoms with van der Waals surface area (Å²) >= 11 is 0. The van der Waals surface area contributed by atoms with Gasteiger partial charge in [0.05, 0.1) is 7.11 Å². The number of methoxy groups -OCH3 is 1. The summed E-state index contributed by atoms with van der Waals surface area (Å²) in [6.45, 7) is 6.40. The molecule has 0 saturated heterocycles. The number of ether oxygens (including phenoxy) is 2. The fourth-order valence-electron chi connectivity index (χ4n) is 3.71. The molecule has 0 bridgehead atoms. The van der Waals surface area contributed by atoms with Crippen molar-refractivity contribution in [1.29, 1.82) is 0 Å². The van der Waals surface area contributed by atoms with Gasteiger partial charge in [-0.15, -0.1) is 0 Å². The van der Waals surface area contributed by atoms with E-state index in [0.717, 1.165) is 41.7 Å². The average molecular weight is 449 g/mol. The van der Waals surface area contributed by atoms with Gasteiger partial charge in [-0.1, -0.05) is 99.6 Å². The summed E-state index contributed by atoms with van der Waals surface area (Å²) in [5, 5.41) is 0. The van der Waals surface area contributed by atoms with E-state index in [9.17, 15) is 4.79 Å². The average Bonchev–Trinajstić information content (AvgIpc) is 2.81. The Balaban J connectivity index is 2.12. The topological polar surface area (TPSA) is 35.5 Å². The number of benzene rings is 2. The Labute approximate surface area is 200 Å². The van der Waals surface area contributed by atoms with Crippen LogP contribution in [0.1, 0.15) is 88.8 Å². The highest BCUT2D eigenvalue weighted by Crippen LogP contribution is 2.31. The molecule has 3 nitrogen and oxygen atoms in total. The van der Waals surface area contributed by atoms with Crippen LogP contribution in [-0.2, 0) is 11.2 Å². The third-order valence-electron chi connectivity index (χ3n) is 5.62. The van der Waals surface area contributed by atoms with Crippen molar-refractivity contribution in [2.75, 3.05) is 7.11 Å². The molecule has 0 fully saturated rings. The SMILES string of the molecule is CCCCCCCCCC(=O)Oc1cc(/C=C/c2ccccc2)c(CC=C(C)C)c(OC)c1. The summed E-state index contributed by atoms with van der Waals surface area (Å²) in [7, 11) is 1.66.